The van der Waals surface area contributed by atoms with Gasteiger partial charge in [0, 0.05) is 0 Å². The normalized spacial score (nSPS) is 35.5. The molecular weight excluding hydrogens is 448 g/mol. The molecule has 0 aliphatic heterocycles. The molecule has 0 aromatic rings. The van der Waals surface area contributed by atoms with Gasteiger partial charge in [-0.25, -0.2) is 0 Å². The first-order valence-corrected chi connectivity index (χ1v) is 13.7. The molecule has 0 radical (unpaired) electrons. The minimum Gasteiger partial charge on any atom is -0.390 e. The van der Waals surface area contributed by atoms with Crippen LogP contribution in [-0.2, 0) is 4.74 Å². The van der Waals surface area contributed by atoms with Crippen molar-refractivity contribution in [2.45, 2.75) is 110 Å². The Bertz CT molecular complexity index is 686. The molecule has 3 rings (SSSR count). The number of ether oxygens (including phenoxy) is 1. The standard InChI is InChI=1S/C28H45BrO2/c1-20-10-13-24(31-19-29)18-23(20)12-11-22-9-7-17-28(5)25(14-15-26(22)28)21(2)8-6-16-27(3,4)30/h11-12,21,24-26,30H,1,6-10,13-19H2,2-5H3/b22-11+,23-12-/t21-,24-,25+,26?,28?/m0/s1. The summed E-state index contributed by atoms with van der Waals surface area (Å²) in [7, 11) is 0. The topological polar surface area (TPSA) is 29.5 Å². The molecule has 31 heavy (non-hydrogen) atoms. The Morgan fingerprint density at radius 3 is 2.74 bits per heavy atom. The predicted molar refractivity (Wildman–Crippen MR) is 135 cm³/mol. The van der Waals surface area contributed by atoms with Gasteiger partial charge in [-0.1, -0.05) is 72.5 Å². The van der Waals surface area contributed by atoms with Crippen LogP contribution >= 0.6 is 15.9 Å². The molecule has 3 aliphatic rings. The van der Waals surface area contributed by atoms with E-state index in [1.807, 2.05) is 13.8 Å². The van der Waals surface area contributed by atoms with Gasteiger partial charge in [0.15, 0.2) is 0 Å². The van der Waals surface area contributed by atoms with Crippen molar-refractivity contribution >= 4 is 15.9 Å². The third kappa shape index (κ3) is 6.36. The first kappa shape index (κ1) is 25.2. The highest BCUT2D eigenvalue weighted by Crippen LogP contribution is 2.60. The maximum atomic E-state index is 10.1. The summed E-state index contributed by atoms with van der Waals surface area (Å²) in [5.41, 5.74) is 4.92. The van der Waals surface area contributed by atoms with Crippen LogP contribution in [0.5, 0.6) is 0 Å². The van der Waals surface area contributed by atoms with E-state index in [1.54, 1.807) is 5.57 Å². The van der Waals surface area contributed by atoms with Crippen molar-refractivity contribution in [3.63, 3.8) is 0 Å². The SMILES string of the molecule is C=C1CC[C@H](OCBr)C/C1=C/C=C1\CCCC2(C)C1CC[C@@H]2[C@@H](C)CCCC(C)(C)O. The van der Waals surface area contributed by atoms with E-state index < -0.39 is 5.60 Å². The number of hydrogen-bond acceptors (Lipinski definition) is 2. The molecular formula is C28H45BrO2. The lowest BCUT2D eigenvalue weighted by Gasteiger charge is -2.44. The van der Waals surface area contributed by atoms with Crippen LogP contribution in [0.2, 0.25) is 0 Å². The molecule has 0 amide bonds. The van der Waals surface area contributed by atoms with E-state index in [2.05, 4.69) is 48.5 Å². The fourth-order valence-electron chi connectivity index (χ4n) is 6.88. The molecule has 0 bridgehead atoms. The van der Waals surface area contributed by atoms with E-state index in [1.165, 1.54) is 49.7 Å². The van der Waals surface area contributed by atoms with Gasteiger partial charge < -0.3 is 9.84 Å². The minimum absolute atomic E-state index is 0.326. The summed E-state index contributed by atoms with van der Waals surface area (Å²) >= 11 is 3.41. The number of halogens is 1. The maximum Gasteiger partial charge on any atom is 0.102 e. The van der Waals surface area contributed by atoms with Crippen LogP contribution in [0.4, 0.5) is 0 Å². The fraction of sp³-hybridized carbons (Fsp3) is 0.786. The Labute approximate surface area is 199 Å². The summed E-state index contributed by atoms with van der Waals surface area (Å²) in [5.74, 6) is 2.30. The zero-order valence-corrected chi connectivity index (χ0v) is 22.0. The highest BCUT2D eigenvalue weighted by atomic mass is 79.9. The lowest BCUT2D eigenvalue weighted by atomic mass is 9.60. The highest BCUT2D eigenvalue weighted by molar-refractivity contribution is 9.09. The Kier molecular flexibility index (Phi) is 8.71. The molecule has 5 atom stereocenters. The van der Waals surface area contributed by atoms with Crippen LogP contribution in [0.15, 0.2) is 35.5 Å². The van der Waals surface area contributed by atoms with Gasteiger partial charge in [0.05, 0.1) is 11.7 Å². The third-order valence-corrected chi connectivity index (χ3v) is 8.90. The van der Waals surface area contributed by atoms with Crippen molar-refractivity contribution in [3.05, 3.63) is 35.5 Å². The third-order valence-electron chi connectivity index (χ3n) is 8.64. The first-order valence-electron chi connectivity index (χ1n) is 12.6. The Morgan fingerprint density at radius 2 is 2.03 bits per heavy atom. The van der Waals surface area contributed by atoms with Crippen molar-refractivity contribution in [2.75, 3.05) is 5.52 Å². The average Bonchev–Trinajstić information content (AvgIpc) is 3.05. The monoisotopic (exact) mass is 492 g/mol. The number of hydrogen-bond donors (Lipinski definition) is 1. The van der Waals surface area contributed by atoms with E-state index in [9.17, 15) is 5.11 Å². The summed E-state index contributed by atoms with van der Waals surface area (Å²) in [6, 6.07) is 0. The summed E-state index contributed by atoms with van der Waals surface area (Å²) < 4.78 is 5.83. The van der Waals surface area contributed by atoms with E-state index in [0.29, 0.717) is 17.0 Å². The van der Waals surface area contributed by atoms with Crippen LogP contribution in [0, 0.1) is 23.2 Å². The van der Waals surface area contributed by atoms with Gasteiger partial charge in [0.2, 0.25) is 0 Å². The van der Waals surface area contributed by atoms with Gasteiger partial charge in [-0.05, 0) is 100 Å². The average molecular weight is 494 g/mol. The number of allylic oxidation sites excluding steroid dienone is 4. The smallest absolute Gasteiger partial charge is 0.102 e. The van der Waals surface area contributed by atoms with Crippen molar-refractivity contribution < 1.29 is 9.84 Å². The quantitative estimate of drug-likeness (QED) is 0.346. The Balaban J connectivity index is 1.68. The molecule has 0 aromatic carbocycles. The van der Waals surface area contributed by atoms with Crippen molar-refractivity contribution in [1.82, 2.24) is 0 Å². The van der Waals surface area contributed by atoms with E-state index in [0.717, 1.165) is 49.9 Å². The summed E-state index contributed by atoms with van der Waals surface area (Å²) in [6.45, 7) is 13.3. The van der Waals surface area contributed by atoms with Gasteiger partial charge >= 0.3 is 0 Å². The van der Waals surface area contributed by atoms with Crippen LogP contribution in [-0.4, -0.2) is 22.3 Å². The summed E-state index contributed by atoms with van der Waals surface area (Å²) in [6.07, 6.45) is 18.3. The second-order valence-corrected chi connectivity index (χ2v) is 11.9. The second kappa shape index (κ2) is 10.7. The van der Waals surface area contributed by atoms with Crippen LogP contribution in [0.3, 0.4) is 0 Å². The fourth-order valence-corrected chi connectivity index (χ4v) is 7.26. The van der Waals surface area contributed by atoms with Gasteiger partial charge in [-0.15, -0.1) is 0 Å². The van der Waals surface area contributed by atoms with Crippen molar-refractivity contribution in [1.29, 1.82) is 0 Å². The van der Waals surface area contributed by atoms with E-state index in [4.69, 9.17) is 4.74 Å². The molecule has 0 saturated heterocycles. The molecule has 0 spiro atoms. The summed E-state index contributed by atoms with van der Waals surface area (Å²) in [5, 5.41) is 10.1. The van der Waals surface area contributed by atoms with Gasteiger partial charge in [0.1, 0.15) is 5.52 Å². The van der Waals surface area contributed by atoms with Crippen molar-refractivity contribution in [2.24, 2.45) is 23.2 Å². The number of rotatable bonds is 8. The van der Waals surface area contributed by atoms with Gasteiger partial charge in [-0.3, -0.25) is 0 Å². The van der Waals surface area contributed by atoms with Gasteiger partial charge in [0.25, 0.3) is 0 Å². The molecule has 0 heterocycles. The largest absolute Gasteiger partial charge is 0.390 e. The molecule has 2 nitrogen and oxygen atoms in total. The summed E-state index contributed by atoms with van der Waals surface area (Å²) in [4.78, 5) is 0. The molecule has 3 heteroatoms. The Morgan fingerprint density at radius 1 is 1.26 bits per heavy atom. The zero-order chi connectivity index (χ0) is 22.6. The molecule has 3 saturated carbocycles. The molecule has 2 unspecified atom stereocenters. The van der Waals surface area contributed by atoms with Crippen LogP contribution in [0.25, 0.3) is 0 Å². The van der Waals surface area contributed by atoms with E-state index in [-0.39, 0.29) is 0 Å². The Hall–Kier alpha value is -0.380. The van der Waals surface area contributed by atoms with Crippen LogP contribution in [0.1, 0.15) is 98.3 Å². The first-order chi connectivity index (χ1) is 14.6. The lowest BCUT2D eigenvalue weighted by Crippen LogP contribution is -2.36. The predicted octanol–water partition coefficient (Wildman–Crippen LogP) is 8.11. The maximum absolute atomic E-state index is 10.1. The highest BCUT2D eigenvalue weighted by Gasteiger charge is 2.50. The van der Waals surface area contributed by atoms with Crippen molar-refractivity contribution in [3.8, 4) is 0 Å². The minimum atomic E-state index is -0.530. The van der Waals surface area contributed by atoms with Gasteiger partial charge in [-0.2, -0.15) is 0 Å². The zero-order valence-electron chi connectivity index (χ0n) is 20.4. The number of alkyl halides is 1. The lowest BCUT2D eigenvalue weighted by molar-refractivity contribution is 0.0596. The van der Waals surface area contributed by atoms with Crippen LogP contribution < -0.4 is 0 Å². The molecule has 3 fully saturated rings. The molecule has 176 valence electrons. The molecule has 1 N–H and O–H groups in total. The molecule has 0 aromatic heterocycles. The molecule has 3 aliphatic carbocycles. The second-order valence-electron chi connectivity index (χ2n) is 11.5. The van der Waals surface area contributed by atoms with E-state index >= 15 is 0 Å². The number of aliphatic hydroxyl groups is 1. The number of fused-ring (bicyclic) bond motifs is 1.